The molecule has 0 aliphatic carbocycles. The third kappa shape index (κ3) is 4.44. The number of aryl methyl sites for hydroxylation is 2. The average Bonchev–Trinajstić information content (AvgIpc) is 2.72. The summed E-state index contributed by atoms with van der Waals surface area (Å²) in [6, 6.07) is 12.8. The molecule has 0 unspecified atom stereocenters. The summed E-state index contributed by atoms with van der Waals surface area (Å²) in [5, 5.41) is 0.891. The largest absolute Gasteiger partial charge is 0.497 e. The molecule has 0 saturated heterocycles. The molecule has 2 aromatic carbocycles. The number of hydrogen-bond donors (Lipinski definition) is 0. The maximum absolute atomic E-state index is 13.5. The van der Waals surface area contributed by atoms with Crippen LogP contribution >= 0.6 is 0 Å². The molecule has 0 aliphatic rings. The molecule has 0 radical (unpaired) electrons. The standard InChI is InChI=1S/C22H24N2O5S/c1-15-9-19(28-3)10-16(2)22(15)30(26,27)24(14-21(25)29-4)13-17-11-18-7-5-6-8-20(18)23-12-17/h5-12H,13-14H2,1-4H3. The van der Waals surface area contributed by atoms with E-state index in [1.165, 1.54) is 14.2 Å². The fourth-order valence-electron chi connectivity index (χ4n) is 3.41. The van der Waals surface area contributed by atoms with Gasteiger partial charge in [-0.1, -0.05) is 18.2 Å². The molecule has 0 atom stereocenters. The zero-order chi connectivity index (χ0) is 21.9. The molecule has 0 amide bonds. The number of hydrogen-bond acceptors (Lipinski definition) is 6. The molecule has 1 heterocycles. The van der Waals surface area contributed by atoms with Gasteiger partial charge in [0.15, 0.2) is 0 Å². The van der Waals surface area contributed by atoms with Gasteiger partial charge in [-0.15, -0.1) is 0 Å². The molecule has 0 fully saturated rings. The lowest BCUT2D eigenvalue weighted by molar-refractivity contribution is -0.140. The first-order valence-electron chi connectivity index (χ1n) is 9.32. The molecule has 3 rings (SSSR count). The summed E-state index contributed by atoms with van der Waals surface area (Å²) in [6.45, 7) is 2.99. The molecule has 158 valence electrons. The van der Waals surface area contributed by atoms with Gasteiger partial charge in [-0.2, -0.15) is 4.31 Å². The number of rotatable bonds is 7. The van der Waals surface area contributed by atoms with E-state index in [0.717, 1.165) is 15.2 Å². The highest BCUT2D eigenvalue weighted by molar-refractivity contribution is 7.89. The molecule has 0 saturated carbocycles. The molecular weight excluding hydrogens is 404 g/mol. The predicted octanol–water partition coefficient (Wildman–Crippen LogP) is 3.22. The van der Waals surface area contributed by atoms with E-state index in [-0.39, 0.29) is 11.4 Å². The Morgan fingerprint density at radius 2 is 1.73 bits per heavy atom. The first kappa shape index (κ1) is 21.7. The number of methoxy groups -OCH3 is 2. The van der Waals surface area contributed by atoms with Crippen molar-refractivity contribution in [1.82, 2.24) is 9.29 Å². The van der Waals surface area contributed by atoms with Crippen molar-refractivity contribution in [3.8, 4) is 5.75 Å². The van der Waals surface area contributed by atoms with Gasteiger partial charge < -0.3 is 9.47 Å². The van der Waals surface area contributed by atoms with E-state index >= 15 is 0 Å². The van der Waals surface area contributed by atoms with E-state index in [1.54, 1.807) is 32.2 Å². The van der Waals surface area contributed by atoms with Crippen molar-refractivity contribution in [1.29, 1.82) is 0 Å². The van der Waals surface area contributed by atoms with E-state index in [1.807, 2.05) is 30.3 Å². The van der Waals surface area contributed by atoms with Crippen molar-refractivity contribution in [3.63, 3.8) is 0 Å². The minimum atomic E-state index is -3.99. The van der Waals surface area contributed by atoms with Crippen LogP contribution in [0.15, 0.2) is 53.6 Å². The smallest absolute Gasteiger partial charge is 0.321 e. The van der Waals surface area contributed by atoms with Crippen LogP contribution in [0.2, 0.25) is 0 Å². The van der Waals surface area contributed by atoms with Gasteiger partial charge in [0.1, 0.15) is 12.3 Å². The number of carbonyl (C=O) groups is 1. The first-order valence-corrected chi connectivity index (χ1v) is 10.8. The lowest BCUT2D eigenvalue weighted by Crippen LogP contribution is -2.36. The van der Waals surface area contributed by atoms with E-state index < -0.39 is 22.5 Å². The summed E-state index contributed by atoms with van der Waals surface area (Å²) in [7, 11) is -1.24. The van der Waals surface area contributed by atoms with E-state index in [9.17, 15) is 13.2 Å². The highest BCUT2D eigenvalue weighted by atomic mass is 32.2. The van der Waals surface area contributed by atoms with Crippen LogP contribution in [0, 0.1) is 13.8 Å². The maximum Gasteiger partial charge on any atom is 0.321 e. The van der Waals surface area contributed by atoms with Crippen LogP contribution in [-0.4, -0.2) is 44.4 Å². The Hall–Kier alpha value is -2.97. The van der Waals surface area contributed by atoms with Crippen molar-refractivity contribution in [3.05, 3.63) is 65.4 Å². The van der Waals surface area contributed by atoms with Crippen LogP contribution in [0.5, 0.6) is 5.75 Å². The van der Waals surface area contributed by atoms with Gasteiger partial charge in [0.2, 0.25) is 10.0 Å². The van der Waals surface area contributed by atoms with Crippen molar-refractivity contribution in [2.24, 2.45) is 0 Å². The predicted molar refractivity (Wildman–Crippen MR) is 114 cm³/mol. The number of aromatic nitrogens is 1. The number of ether oxygens (including phenoxy) is 2. The Labute approximate surface area is 176 Å². The Morgan fingerprint density at radius 1 is 1.07 bits per heavy atom. The zero-order valence-electron chi connectivity index (χ0n) is 17.4. The number of fused-ring (bicyclic) bond motifs is 1. The monoisotopic (exact) mass is 428 g/mol. The third-order valence-electron chi connectivity index (χ3n) is 4.81. The van der Waals surface area contributed by atoms with Crippen LogP contribution in [0.25, 0.3) is 10.9 Å². The number of benzene rings is 2. The van der Waals surface area contributed by atoms with Gasteiger partial charge in [-0.25, -0.2) is 8.42 Å². The quantitative estimate of drug-likeness (QED) is 0.537. The minimum Gasteiger partial charge on any atom is -0.497 e. The summed E-state index contributed by atoms with van der Waals surface area (Å²) < 4.78 is 38.2. The average molecular weight is 429 g/mol. The number of carbonyl (C=O) groups excluding carboxylic acids is 1. The second-order valence-corrected chi connectivity index (χ2v) is 8.85. The molecule has 8 heteroatoms. The molecule has 0 spiro atoms. The Bertz CT molecular complexity index is 1170. The van der Waals surface area contributed by atoms with Crippen LogP contribution in [0.3, 0.4) is 0 Å². The van der Waals surface area contributed by atoms with E-state index in [0.29, 0.717) is 22.4 Å². The van der Waals surface area contributed by atoms with Crippen molar-refractivity contribution >= 4 is 26.9 Å². The second kappa shape index (κ2) is 8.81. The summed E-state index contributed by atoms with van der Waals surface area (Å²) in [6.07, 6.45) is 1.62. The first-order chi connectivity index (χ1) is 14.3. The zero-order valence-corrected chi connectivity index (χ0v) is 18.2. The van der Waals surface area contributed by atoms with E-state index in [2.05, 4.69) is 4.98 Å². The SMILES string of the molecule is COC(=O)CN(Cc1cnc2ccccc2c1)S(=O)(=O)c1c(C)cc(OC)cc1C. The van der Waals surface area contributed by atoms with Crippen molar-refractivity contribution in [2.45, 2.75) is 25.3 Å². The van der Waals surface area contributed by atoms with Crippen molar-refractivity contribution < 1.29 is 22.7 Å². The number of pyridine rings is 1. The van der Waals surface area contributed by atoms with Gasteiger partial charge in [0, 0.05) is 18.1 Å². The summed E-state index contributed by atoms with van der Waals surface area (Å²) >= 11 is 0. The maximum atomic E-state index is 13.5. The second-order valence-electron chi connectivity index (χ2n) is 6.98. The van der Waals surface area contributed by atoms with Crippen molar-refractivity contribution in [2.75, 3.05) is 20.8 Å². The van der Waals surface area contributed by atoms with Crippen LogP contribution < -0.4 is 4.74 Å². The molecule has 0 aliphatic heterocycles. The summed E-state index contributed by atoms with van der Waals surface area (Å²) in [4.78, 5) is 16.6. The highest BCUT2D eigenvalue weighted by Gasteiger charge is 2.30. The third-order valence-corrected chi connectivity index (χ3v) is 6.90. The Balaban J connectivity index is 2.05. The van der Waals surface area contributed by atoms with Gasteiger partial charge >= 0.3 is 5.97 Å². The van der Waals surface area contributed by atoms with Crippen LogP contribution in [0.4, 0.5) is 0 Å². The number of para-hydroxylation sites is 1. The normalized spacial score (nSPS) is 11.6. The fraction of sp³-hybridized carbons (Fsp3) is 0.273. The van der Waals surface area contributed by atoms with Gasteiger partial charge in [-0.05, 0) is 54.8 Å². The molecule has 1 aromatic heterocycles. The molecule has 0 bridgehead atoms. The number of sulfonamides is 1. The number of nitrogens with zero attached hydrogens (tertiary/aromatic N) is 2. The molecule has 7 nitrogen and oxygen atoms in total. The topological polar surface area (TPSA) is 85.8 Å². The van der Waals surface area contributed by atoms with Crippen LogP contribution in [0.1, 0.15) is 16.7 Å². The van der Waals surface area contributed by atoms with Crippen LogP contribution in [-0.2, 0) is 26.1 Å². The Morgan fingerprint density at radius 3 is 2.37 bits per heavy atom. The molecule has 3 aromatic rings. The van der Waals surface area contributed by atoms with Gasteiger partial charge in [-0.3, -0.25) is 9.78 Å². The van der Waals surface area contributed by atoms with E-state index in [4.69, 9.17) is 9.47 Å². The highest BCUT2D eigenvalue weighted by Crippen LogP contribution is 2.29. The lowest BCUT2D eigenvalue weighted by atomic mass is 10.1. The number of esters is 1. The molecule has 30 heavy (non-hydrogen) atoms. The summed E-state index contributed by atoms with van der Waals surface area (Å²) in [5.41, 5.74) is 2.56. The minimum absolute atomic E-state index is 0.0137. The molecular formula is C22H24N2O5S. The fourth-order valence-corrected chi connectivity index (χ4v) is 5.19. The molecule has 0 N–H and O–H groups in total. The Kier molecular flexibility index (Phi) is 6.38. The van der Waals surface area contributed by atoms with Gasteiger partial charge in [0.05, 0.1) is 24.6 Å². The van der Waals surface area contributed by atoms with Gasteiger partial charge in [0.25, 0.3) is 0 Å². The lowest BCUT2D eigenvalue weighted by Gasteiger charge is -2.23. The summed E-state index contributed by atoms with van der Waals surface area (Å²) in [5.74, 6) is -0.0710.